The number of carbonyl (C=O) groups is 1. The molecule has 1 heterocycles. The highest BCUT2D eigenvalue weighted by atomic mass is 32.1. The summed E-state index contributed by atoms with van der Waals surface area (Å²) in [4.78, 5) is 15.1. The van der Waals surface area contributed by atoms with Crippen LogP contribution in [-0.2, 0) is 17.9 Å². The molecule has 1 amide bonds. The van der Waals surface area contributed by atoms with Crippen LogP contribution in [0.1, 0.15) is 10.4 Å². The lowest BCUT2D eigenvalue weighted by Gasteiger charge is -2.17. The molecule has 5 nitrogen and oxygen atoms in total. The van der Waals surface area contributed by atoms with Crippen molar-refractivity contribution in [1.29, 1.82) is 0 Å². The number of hydrogen-bond donors (Lipinski definition) is 1. The van der Waals surface area contributed by atoms with Crippen molar-refractivity contribution < 1.29 is 14.3 Å². The third kappa shape index (κ3) is 5.26. The Hall–Kier alpha value is -2.05. The molecular weight excluding hydrogens is 312 g/mol. The Labute approximate surface area is 140 Å². The summed E-state index contributed by atoms with van der Waals surface area (Å²) in [5.41, 5.74) is 1.07. The molecular formula is C17H22N2O3S. The average molecular weight is 334 g/mol. The number of likely N-dealkylation sites (N-methyl/N-ethyl adjacent to an activating group) is 1. The zero-order chi connectivity index (χ0) is 16.7. The van der Waals surface area contributed by atoms with Crippen molar-refractivity contribution in [3.63, 3.8) is 0 Å². The fraction of sp³-hybridized carbons (Fsp3) is 0.353. The number of ether oxygens (including phenoxy) is 2. The van der Waals surface area contributed by atoms with Crippen molar-refractivity contribution in [3.8, 4) is 11.5 Å². The van der Waals surface area contributed by atoms with E-state index in [9.17, 15) is 4.79 Å². The SMILES string of the molecule is COc1ccc(CN(C)CC(=O)NCc2cccs2)cc1OC. The van der Waals surface area contributed by atoms with Gasteiger partial charge in [-0.3, -0.25) is 9.69 Å². The average Bonchev–Trinajstić information content (AvgIpc) is 3.06. The van der Waals surface area contributed by atoms with Gasteiger partial charge >= 0.3 is 0 Å². The van der Waals surface area contributed by atoms with Crippen molar-refractivity contribution in [2.75, 3.05) is 27.8 Å². The largest absolute Gasteiger partial charge is 0.493 e. The lowest BCUT2D eigenvalue weighted by atomic mass is 10.2. The van der Waals surface area contributed by atoms with Crippen LogP contribution in [0.25, 0.3) is 0 Å². The smallest absolute Gasteiger partial charge is 0.234 e. The van der Waals surface area contributed by atoms with Gasteiger partial charge in [-0.1, -0.05) is 12.1 Å². The van der Waals surface area contributed by atoms with Crippen LogP contribution in [0.15, 0.2) is 35.7 Å². The molecule has 0 saturated heterocycles. The van der Waals surface area contributed by atoms with E-state index in [4.69, 9.17) is 9.47 Å². The highest BCUT2D eigenvalue weighted by Crippen LogP contribution is 2.27. The number of methoxy groups -OCH3 is 2. The summed E-state index contributed by atoms with van der Waals surface area (Å²) in [6.07, 6.45) is 0. The molecule has 2 aromatic rings. The van der Waals surface area contributed by atoms with E-state index in [2.05, 4.69) is 5.32 Å². The van der Waals surface area contributed by atoms with E-state index in [1.165, 1.54) is 0 Å². The van der Waals surface area contributed by atoms with E-state index in [0.717, 1.165) is 10.4 Å². The van der Waals surface area contributed by atoms with Gasteiger partial charge < -0.3 is 14.8 Å². The first-order chi connectivity index (χ1) is 11.1. The molecule has 0 saturated carbocycles. The molecule has 0 unspecified atom stereocenters. The van der Waals surface area contributed by atoms with Gasteiger partial charge in [0, 0.05) is 11.4 Å². The molecule has 1 aromatic carbocycles. The maximum atomic E-state index is 12.0. The number of rotatable bonds is 8. The zero-order valence-corrected chi connectivity index (χ0v) is 14.5. The molecule has 0 aliphatic heterocycles. The maximum absolute atomic E-state index is 12.0. The molecule has 0 atom stereocenters. The second-order valence-corrected chi connectivity index (χ2v) is 6.25. The number of amides is 1. The van der Waals surface area contributed by atoms with Gasteiger partial charge in [0.1, 0.15) is 0 Å². The van der Waals surface area contributed by atoms with Crippen LogP contribution in [0.2, 0.25) is 0 Å². The Kier molecular flexibility index (Phi) is 6.43. The highest BCUT2D eigenvalue weighted by Gasteiger charge is 2.10. The number of thiophene rings is 1. The van der Waals surface area contributed by atoms with Crippen molar-refractivity contribution in [1.82, 2.24) is 10.2 Å². The third-order valence-electron chi connectivity index (χ3n) is 3.35. The van der Waals surface area contributed by atoms with E-state index >= 15 is 0 Å². The van der Waals surface area contributed by atoms with Gasteiger partial charge in [-0.05, 0) is 36.2 Å². The molecule has 1 N–H and O–H groups in total. The van der Waals surface area contributed by atoms with Crippen LogP contribution in [-0.4, -0.2) is 38.6 Å². The first-order valence-corrected chi connectivity index (χ1v) is 8.19. The predicted octanol–water partition coefficient (Wildman–Crippen LogP) is 2.51. The lowest BCUT2D eigenvalue weighted by molar-refractivity contribution is -0.122. The van der Waals surface area contributed by atoms with Gasteiger partial charge in [-0.15, -0.1) is 11.3 Å². The first kappa shape index (κ1) is 17.3. The van der Waals surface area contributed by atoms with Crippen LogP contribution in [0.5, 0.6) is 11.5 Å². The Morgan fingerprint density at radius 2 is 2.00 bits per heavy atom. The highest BCUT2D eigenvalue weighted by molar-refractivity contribution is 7.09. The van der Waals surface area contributed by atoms with Gasteiger partial charge in [-0.25, -0.2) is 0 Å². The lowest BCUT2D eigenvalue weighted by Crippen LogP contribution is -2.34. The topological polar surface area (TPSA) is 50.8 Å². The summed E-state index contributed by atoms with van der Waals surface area (Å²) < 4.78 is 10.5. The molecule has 0 bridgehead atoms. The van der Waals surface area contributed by atoms with Crippen LogP contribution < -0.4 is 14.8 Å². The molecule has 0 radical (unpaired) electrons. The fourth-order valence-electron chi connectivity index (χ4n) is 2.25. The second-order valence-electron chi connectivity index (χ2n) is 5.22. The minimum Gasteiger partial charge on any atom is -0.493 e. The molecule has 124 valence electrons. The molecule has 6 heteroatoms. The van der Waals surface area contributed by atoms with E-state index in [1.807, 2.05) is 47.7 Å². The first-order valence-electron chi connectivity index (χ1n) is 7.31. The third-order valence-corrected chi connectivity index (χ3v) is 4.23. The van der Waals surface area contributed by atoms with Gasteiger partial charge in [0.25, 0.3) is 0 Å². The van der Waals surface area contributed by atoms with E-state index in [1.54, 1.807) is 25.6 Å². The molecule has 2 rings (SSSR count). The number of carbonyl (C=O) groups excluding carboxylic acids is 1. The summed E-state index contributed by atoms with van der Waals surface area (Å²) in [6, 6.07) is 9.77. The maximum Gasteiger partial charge on any atom is 0.234 e. The van der Waals surface area contributed by atoms with Crippen LogP contribution in [0.4, 0.5) is 0 Å². The van der Waals surface area contributed by atoms with Gasteiger partial charge in [-0.2, -0.15) is 0 Å². The van der Waals surface area contributed by atoms with Crippen LogP contribution >= 0.6 is 11.3 Å². The van der Waals surface area contributed by atoms with Crippen molar-refractivity contribution in [2.24, 2.45) is 0 Å². The summed E-state index contributed by atoms with van der Waals surface area (Å²) in [5, 5.41) is 4.93. The molecule has 1 aromatic heterocycles. The summed E-state index contributed by atoms with van der Waals surface area (Å²) in [7, 11) is 5.15. The van der Waals surface area contributed by atoms with E-state index in [0.29, 0.717) is 31.1 Å². The number of nitrogens with zero attached hydrogens (tertiary/aromatic N) is 1. The number of nitrogens with one attached hydrogen (secondary N) is 1. The Bertz CT molecular complexity index is 629. The van der Waals surface area contributed by atoms with Gasteiger partial charge in [0.05, 0.1) is 27.3 Å². The minimum atomic E-state index is 0.0152. The number of benzene rings is 1. The van der Waals surface area contributed by atoms with Gasteiger partial charge in [0.2, 0.25) is 5.91 Å². The van der Waals surface area contributed by atoms with Crippen molar-refractivity contribution in [3.05, 3.63) is 46.2 Å². The zero-order valence-electron chi connectivity index (χ0n) is 13.7. The predicted molar refractivity (Wildman–Crippen MR) is 92.0 cm³/mol. The summed E-state index contributed by atoms with van der Waals surface area (Å²) in [6.45, 7) is 1.59. The van der Waals surface area contributed by atoms with Gasteiger partial charge in [0.15, 0.2) is 11.5 Å². The fourth-order valence-corrected chi connectivity index (χ4v) is 2.89. The standard InChI is InChI=1S/C17H22N2O3S/c1-19(12-17(20)18-10-14-5-4-8-23-14)11-13-6-7-15(21-2)16(9-13)22-3/h4-9H,10-12H2,1-3H3,(H,18,20). The van der Waals surface area contributed by atoms with E-state index < -0.39 is 0 Å². The van der Waals surface area contributed by atoms with Crippen molar-refractivity contribution in [2.45, 2.75) is 13.1 Å². The molecule has 0 fully saturated rings. The Balaban J connectivity index is 1.84. The Morgan fingerprint density at radius 1 is 1.22 bits per heavy atom. The quantitative estimate of drug-likeness (QED) is 0.806. The molecule has 0 aliphatic rings. The monoisotopic (exact) mass is 334 g/mol. The van der Waals surface area contributed by atoms with Crippen LogP contribution in [0.3, 0.4) is 0 Å². The molecule has 0 aliphatic carbocycles. The van der Waals surface area contributed by atoms with Crippen LogP contribution in [0, 0.1) is 0 Å². The summed E-state index contributed by atoms with van der Waals surface area (Å²) in [5.74, 6) is 1.41. The normalized spacial score (nSPS) is 10.6. The number of hydrogen-bond acceptors (Lipinski definition) is 5. The second kappa shape index (κ2) is 8.55. The van der Waals surface area contributed by atoms with E-state index in [-0.39, 0.29) is 5.91 Å². The molecule has 0 spiro atoms. The molecule has 23 heavy (non-hydrogen) atoms. The summed E-state index contributed by atoms with van der Waals surface area (Å²) >= 11 is 1.64. The minimum absolute atomic E-state index is 0.0152. The Morgan fingerprint density at radius 3 is 2.65 bits per heavy atom. The van der Waals surface area contributed by atoms with Crippen molar-refractivity contribution >= 4 is 17.2 Å².